The molecule has 1 aliphatic heterocycles. The summed E-state index contributed by atoms with van der Waals surface area (Å²) in [4.78, 5) is 5.99. The summed E-state index contributed by atoms with van der Waals surface area (Å²) in [7, 11) is -2.56. The van der Waals surface area contributed by atoms with Crippen molar-refractivity contribution in [2.24, 2.45) is 4.99 Å². The van der Waals surface area contributed by atoms with E-state index < -0.39 is 7.43 Å². The van der Waals surface area contributed by atoms with E-state index >= 15 is 0 Å². The second kappa shape index (κ2) is 6.73. The third kappa shape index (κ3) is 4.38. The van der Waals surface area contributed by atoms with Gasteiger partial charge in [-0.15, -0.1) is 7.43 Å². The van der Waals surface area contributed by atoms with E-state index in [0.29, 0.717) is 0 Å². The van der Waals surface area contributed by atoms with Gasteiger partial charge in [0.25, 0.3) is 0 Å². The number of nitrogens with zero attached hydrogens (tertiary/aromatic N) is 2. The molecule has 0 aliphatic carbocycles. The van der Waals surface area contributed by atoms with E-state index in [1.54, 1.807) is 6.34 Å². The molecule has 1 unspecified atom stereocenters. The van der Waals surface area contributed by atoms with E-state index in [1.165, 1.54) is 0 Å². The van der Waals surface area contributed by atoms with Crippen molar-refractivity contribution in [2.45, 2.75) is 25.1 Å². The van der Waals surface area contributed by atoms with Crippen molar-refractivity contribution in [1.29, 1.82) is 0 Å². The average molecular weight is 260 g/mol. The molecule has 76 valence electrons. The molecule has 0 amide bonds. The van der Waals surface area contributed by atoms with Crippen LogP contribution in [0.25, 0.3) is 0 Å². The van der Waals surface area contributed by atoms with Crippen molar-refractivity contribution >= 4 is 36.1 Å². The van der Waals surface area contributed by atoms with E-state index in [-0.39, 0.29) is 34.9 Å². The Morgan fingerprint density at radius 2 is 2.29 bits per heavy atom. The van der Waals surface area contributed by atoms with Gasteiger partial charge in [-0.05, 0) is 6.42 Å². The minimum atomic E-state index is -2.56. The van der Waals surface area contributed by atoms with Gasteiger partial charge < -0.3 is 9.45 Å². The molecule has 1 atom stereocenters. The topological polar surface area (TPSA) is 38.7 Å². The Morgan fingerprint density at radius 3 is 2.64 bits per heavy atom. The van der Waals surface area contributed by atoms with Crippen LogP contribution < -0.4 is 29.6 Å². The second-order valence-electron chi connectivity index (χ2n) is 3.00. The molecule has 0 saturated carbocycles. The fraction of sp³-hybridized carbons (Fsp3) is 0.857. The molecule has 1 aliphatic rings. The summed E-state index contributed by atoms with van der Waals surface area (Å²) in [6.45, 7) is 3.60. The third-order valence-corrected chi connectivity index (χ3v) is 4.46. The van der Waals surface area contributed by atoms with E-state index in [9.17, 15) is 4.55 Å². The SMILES string of the molecule is CCCC(N1C=NCC1)S([O-])(=S)=S.[Na+]. The molecular weight excluding hydrogens is 247 g/mol. The number of rotatable bonds is 4. The largest absolute Gasteiger partial charge is 1.00 e. The van der Waals surface area contributed by atoms with Crippen LogP contribution in [0.4, 0.5) is 0 Å². The summed E-state index contributed by atoms with van der Waals surface area (Å²) in [5.41, 5.74) is 0. The molecule has 0 aromatic heterocycles. The fourth-order valence-electron chi connectivity index (χ4n) is 1.33. The van der Waals surface area contributed by atoms with E-state index in [1.807, 2.05) is 11.8 Å². The Kier molecular flexibility index (Phi) is 7.31. The molecule has 14 heavy (non-hydrogen) atoms. The standard InChI is InChI=1S/C7H14N2OS3.Na/c1-2-3-7(13(10,11)12)9-5-4-8-6-9;/h6-7H,2-5H2,1H3,(H,10,11,12);/q;+1/p-1. The molecule has 1 heterocycles. The Morgan fingerprint density at radius 1 is 1.64 bits per heavy atom. The molecule has 0 aromatic rings. The number of hydrogen-bond acceptors (Lipinski definition) is 5. The molecule has 0 saturated heterocycles. The summed E-state index contributed by atoms with van der Waals surface area (Å²) in [6.07, 6.45) is 3.45. The predicted molar refractivity (Wildman–Crippen MR) is 61.6 cm³/mol. The fourth-order valence-corrected chi connectivity index (χ4v) is 3.59. The van der Waals surface area contributed by atoms with Crippen molar-refractivity contribution < 1.29 is 34.1 Å². The quantitative estimate of drug-likeness (QED) is 0.532. The number of aliphatic imine (C=N–C) groups is 1. The van der Waals surface area contributed by atoms with Crippen LogP contribution in [0.5, 0.6) is 0 Å². The predicted octanol–water partition coefficient (Wildman–Crippen LogP) is -2.33. The van der Waals surface area contributed by atoms with Crippen LogP contribution in [0.3, 0.4) is 0 Å². The van der Waals surface area contributed by atoms with Crippen molar-refractivity contribution in [3.05, 3.63) is 0 Å². The first-order chi connectivity index (χ1) is 6.05. The zero-order valence-corrected chi connectivity index (χ0v) is 13.0. The minimum Gasteiger partial charge on any atom is -0.789 e. The van der Waals surface area contributed by atoms with Crippen molar-refractivity contribution in [1.82, 2.24) is 4.90 Å². The monoisotopic (exact) mass is 260 g/mol. The number of hydrogen-bond donors (Lipinski definition) is 0. The Labute approximate surface area is 117 Å². The summed E-state index contributed by atoms with van der Waals surface area (Å²) >= 11 is 9.70. The van der Waals surface area contributed by atoms with E-state index in [2.05, 4.69) is 4.99 Å². The normalized spacial score (nSPS) is 18.0. The van der Waals surface area contributed by atoms with Gasteiger partial charge >= 0.3 is 29.6 Å². The molecule has 1 rings (SSSR count). The van der Waals surface area contributed by atoms with Crippen LogP contribution in [-0.4, -0.2) is 34.3 Å². The molecule has 0 radical (unpaired) electrons. The van der Waals surface area contributed by atoms with Gasteiger partial charge in [-0.3, -0.25) is 4.99 Å². The minimum absolute atomic E-state index is 0. The smallest absolute Gasteiger partial charge is 0.789 e. The molecule has 0 fully saturated rings. The Hall–Kier alpha value is 1.22. The Balaban J connectivity index is 0.00000169. The van der Waals surface area contributed by atoms with Gasteiger partial charge in [0.05, 0.1) is 18.3 Å². The molecule has 0 bridgehead atoms. The van der Waals surface area contributed by atoms with Crippen LogP contribution in [-0.2, 0) is 29.8 Å². The van der Waals surface area contributed by atoms with Gasteiger partial charge in [0, 0.05) is 6.54 Å². The van der Waals surface area contributed by atoms with Gasteiger partial charge in [-0.1, -0.05) is 35.7 Å². The zero-order valence-electron chi connectivity index (χ0n) is 8.51. The van der Waals surface area contributed by atoms with Crippen molar-refractivity contribution in [3.8, 4) is 0 Å². The van der Waals surface area contributed by atoms with Crippen LogP contribution in [0.15, 0.2) is 4.99 Å². The molecular formula is C7H13N2NaOS3. The first-order valence-electron chi connectivity index (χ1n) is 4.26. The van der Waals surface area contributed by atoms with Gasteiger partial charge in [0.2, 0.25) is 0 Å². The van der Waals surface area contributed by atoms with Gasteiger partial charge in [-0.2, -0.15) is 0 Å². The van der Waals surface area contributed by atoms with Crippen LogP contribution in [0, 0.1) is 0 Å². The average Bonchev–Trinajstić information content (AvgIpc) is 2.49. The summed E-state index contributed by atoms with van der Waals surface area (Å²) in [5.74, 6) is 0. The molecule has 0 spiro atoms. The maximum atomic E-state index is 11.6. The Bertz CT molecular complexity index is 291. The van der Waals surface area contributed by atoms with Gasteiger partial charge in [0.1, 0.15) is 0 Å². The van der Waals surface area contributed by atoms with Gasteiger partial charge in [0.15, 0.2) is 0 Å². The van der Waals surface area contributed by atoms with E-state index in [4.69, 9.17) is 22.4 Å². The van der Waals surface area contributed by atoms with E-state index in [0.717, 1.165) is 25.9 Å². The first kappa shape index (κ1) is 15.2. The zero-order chi connectivity index (χ0) is 9.90. The van der Waals surface area contributed by atoms with Crippen LogP contribution in [0.1, 0.15) is 19.8 Å². The van der Waals surface area contributed by atoms with Crippen LogP contribution >= 0.6 is 0 Å². The maximum Gasteiger partial charge on any atom is 1.00 e. The summed E-state index contributed by atoms with van der Waals surface area (Å²) in [5, 5.41) is -0.186. The summed E-state index contributed by atoms with van der Waals surface area (Å²) in [6, 6.07) is 0. The maximum absolute atomic E-state index is 11.6. The molecule has 3 nitrogen and oxygen atoms in total. The third-order valence-electron chi connectivity index (χ3n) is 1.96. The molecule has 0 aromatic carbocycles. The van der Waals surface area contributed by atoms with Crippen LogP contribution in [0.2, 0.25) is 0 Å². The first-order valence-corrected chi connectivity index (χ1v) is 7.73. The second-order valence-corrected chi connectivity index (χ2v) is 8.13. The molecule has 0 N–H and O–H groups in total. The van der Waals surface area contributed by atoms with Crippen molar-refractivity contribution in [3.63, 3.8) is 0 Å². The van der Waals surface area contributed by atoms with Gasteiger partial charge in [-0.25, -0.2) is 0 Å². The van der Waals surface area contributed by atoms with Crippen molar-refractivity contribution in [2.75, 3.05) is 13.1 Å². The summed E-state index contributed by atoms with van der Waals surface area (Å²) < 4.78 is 11.6. The molecule has 7 heteroatoms.